The van der Waals surface area contributed by atoms with Crippen molar-refractivity contribution in [3.05, 3.63) is 0 Å². The van der Waals surface area contributed by atoms with Crippen LogP contribution in [0.1, 0.15) is 39.5 Å². The van der Waals surface area contributed by atoms with Gasteiger partial charge in [-0.2, -0.15) is 0 Å². The fraction of sp³-hybridized carbons (Fsp3) is 0.962. The lowest BCUT2D eigenvalue weighted by molar-refractivity contribution is -0.144. The molecular weight excluding hydrogens is 488 g/mol. The Bertz CT molecular complexity index is 441. The molecule has 0 aliphatic carbocycles. The van der Waals surface area contributed by atoms with Crippen molar-refractivity contribution in [1.82, 2.24) is 0 Å². The van der Waals surface area contributed by atoms with Crippen LogP contribution in [0.25, 0.3) is 0 Å². The highest BCUT2D eigenvalue weighted by atomic mass is 16.6. The fourth-order valence-corrected chi connectivity index (χ4v) is 2.70. The second-order valence-electron chi connectivity index (χ2n) is 7.77. The minimum Gasteiger partial charge on any atom is -0.466 e. The SMILES string of the molecule is CCCCCOCCOCCOCCOCCOCCOCCOCCOCCOCCC(=O)OCC. The average molecular weight is 541 g/mol. The summed E-state index contributed by atoms with van der Waals surface area (Å²) >= 11 is 0. The van der Waals surface area contributed by atoms with E-state index in [4.69, 9.17) is 47.4 Å². The number of hydrogen-bond donors (Lipinski definition) is 0. The van der Waals surface area contributed by atoms with Crippen molar-refractivity contribution in [2.45, 2.75) is 39.5 Å². The third kappa shape index (κ3) is 33.1. The number of carbonyl (C=O) groups excluding carboxylic acids is 1. The zero-order valence-corrected chi connectivity index (χ0v) is 23.3. The van der Waals surface area contributed by atoms with E-state index in [1.54, 1.807) is 6.92 Å². The van der Waals surface area contributed by atoms with E-state index in [-0.39, 0.29) is 12.4 Å². The molecule has 0 aromatic rings. The maximum absolute atomic E-state index is 11.1. The molecule has 11 heteroatoms. The van der Waals surface area contributed by atoms with E-state index in [1.165, 1.54) is 12.8 Å². The summed E-state index contributed by atoms with van der Waals surface area (Å²) in [4.78, 5) is 11.1. The summed E-state index contributed by atoms with van der Waals surface area (Å²) in [6, 6.07) is 0. The van der Waals surface area contributed by atoms with Gasteiger partial charge in [0.2, 0.25) is 0 Å². The van der Waals surface area contributed by atoms with Crippen LogP contribution >= 0.6 is 0 Å². The Balaban J connectivity index is 3.04. The van der Waals surface area contributed by atoms with Crippen LogP contribution in [-0.4, -0.2) is 132 Å². The van der Waals surface area contributed by atoms with Crippen molar-refractivity contribution in [2.75, 3.05) is 126 Å². The van der Waals surface area contributed by atoms with Crippen LogP contribution in [0.5, 0.6) is 0 Å². The molecule has 0 bridgehead atoms. The quantitative estimate of drug-likeness (QED) is 0.0926. The third-order valence-corrected chi connectivity index (χ3v) is 4.62. The first-order valence-electron chi connectivity index (χ1n) is 13.7. The molecule has 0 fully saturated rings. The lowest BCUT2D eigenvalue weighted by Crippen LogP contribution is -2.15. The van der Waals surface area contributed by atoms with E-state index in [9.17, 15) is 4.79 Å². The number of carbonyl (C=O) groups is 1. The monoisotopic (exact) mass is 540 g/mol. The summed E-state index contributed by atoms with van der Waals surface area (Å²) < 4.78 is 53.6. The predicted octanol–water partition coefficient (Wildman–Crippen LogP) is 2.28. The number of unbranched alkanes of at least 4 members (excludes halogenated alkanes) is 2. The van der Waals surface area contributed by atoms with Crippen LogP contribution in [0.2, 0.25) is 0 Å². The molecule has 0 spiro atoms. The zero-order chi connectivity index (χ0) is 26.9. The largest absolute Gasteiger partial charge is 0.466 e. The second-order valence-corrected chi connectivity index (χ2v) is 7.77. The Hall–Kier alpha value is -0.890. The maximum atomic E-state index is 11.1. The smallest absolute Gasteiger partial charge is 0.308 e. The van der Waals surface area contributed by atoms with Crippen LogP contribution in [0.4, 0.5) is 0 Å². The van der Waals surface area contributed by atoms with Gasteiger partial charge in [-0.15, -0.1) is 0 Å². The minimum absolute atomic E-state index is 0.246. The van der Waals surface area contributed by atoms with Gasteiger partial charge in [-0.25, -0.2) is 0 Å². The molecule has 0 aliphatic heterocycles. The molecule has 0 atom stereocenters. The van der Waals surface area contributed by atoms with Gasteiger partial charge in [0.15, 0.2) is 0 Å². The van der Waals surface area contributed by atoms with E-state index >= 15 is 0 Å². The van der Waals surface area contributed by atoms with Crippen molar-refractivity contribution in [1.29, 1.82) is 0 Å². The third-order valence-electron chi connectivity index (χ3n) is 4.62. The number of ether oxygens (including phenoxy) is 10. The lowest BCUT2D eigenvalue weighted by atomic mass is 10.3. The Morgan fingerprint density at radius 2 is 0.703 bits per heavy atom. The van der Waals surface area contributed by atoms with E-state index in [0.29, 0.717) is 119 Å². The van der Waals surface area contributed by atoms with Crippen LogP contribution in [-0.2, 0) is 52.2 Å². The van der Waals surface area contributed by atoms with Crippen LogP contribution in [0.15, 0.2) is 0 Å². The molecule has 11 nitrogen and oxygen atoms in total. The molecule has 0 unspecified atom stereocenters. The second kappa shape index (κ2) is 33.1. The van der Waals surface area contributed by atoms with Crippen molar-refractivity contribution >= 4 is 5.97 Å². The van der Waals surface area contributed by atoms with Gasteiger partial charge in [0, 0.05) is 6.61 Å². The van der Waals surface area contributed by atoms with E-state index < -0.39 is 0 Å². The van der Waals surface area contributed by atoms with Crippen molar-refractivity contribution in [2.24, 2.45) is 0 Å². The van der Waals surface area contributed by atoms with Gasteiger partial charge in [0.05, 0.1) is 125 Å². The Kier molecular flexibility index (Phi) is 32.3. The molecule has 222 valence electrons. The maximum Gasteiger partial charge on any atom is 0.308 e. The molecule has 0 heterocycles. The summed E-state index contributed by atoms with van der Waals surface area (Å²) in [7, 11) is 0. The van der Waals surface area contributed by atoms with Gasteiger partial charge >= 0.3 is 5.97 Å². The van der Waals surface area contributed by atoms with E-state index in [1.807, 2.05) is 0 Å². The van der Waals surface area contributed by atoms with Gasteiger partial charge in [0.25, 0.3) is 0 Å². The topological polar surface area (TPSA) is 109 Å². The molecule has 0 radical (unpaired) electrons. The molecule has 0 N–H and O–H groups in total. The molecule has 0 saturated carbocycles. The molecule has 0 aromatic heterocycles. The first kappa shape index (κ1) is 36.1. The first-order valence-corrected chi connectivity index (χ1v) is 13.7. The molecular formula is C26H52O11. The summed E-state index contributed by atoms with van der Waals surface area (Å²) in [5, 5.41) is 0. The van der Waals surface area contributed by atoms with Gasteiger partial charge in [-0.3, -0.25) is 4.79 Å². The van der Waals surface area contributed by atoms with E-state index in [2.05, 4.69) is 6.92 Å². The molecule has 37 heavy (non-hydrogen) atoms. The number of esters is 1. The highest BCUT2D eigenvalue weighted by molar-refractivity contribution is 5.69. The Morgan fingerprint density at radius 1 is 0.405 bits per heavy atom. The standard InChI is InChI=1S/C26H52O11/c1-3-5-6-8-28-10-12-30-14-16-32-18-20-34-22-24-36-25-23-35-21-19-33-17-15-31-13-11-29-9-7-26(27)37-4-2/h3-25H2,1-2H3. The Morgan fingerprint density at radius 3 is 1.00 bits per heavy atom. The fourth-order valence-electron chi connectivity index (χ4n) is 2.70. The van der Waals surface area contributed by atoms with E-state index in [0.717, 1.165) is 13.0 Å². The molecule has 0 aromatic carbocycles. The van der Waals surface area contributed by atoms with Crippen LogP contribution in [0.3, 0.4) is 0 Å². The summed E-state index contributed by atoms with van der Waals surface area (Å²) in [6.07, 6.45) is 3.80. The van der Waals surface area contributed by atoms with Crippen molar-refractivity contribution < 1.29 is 52.2 Å². The molecule has 0 amide bonds. The summed E-state index contributed by atoms with van der Waals surface area (Å²) in [5.74, 6) is -0.246. The van der Waals surface area contributed by atoms with Crippen molar-refractivity contribution in [3.8, 4) is 0 Å². The summed E-state index contributed by atoms with van der Waals surface area (Å²) in [5.41, 5.74) is 0. The zero-order valence-electron chi connectivity index (χ0n) is 23.3. The lowest BCUT2D eigenvalue weighted by Gasteiger charge is -2.09. The van der Waals surface area contributed by atoms with Gasteiger partial charge in [0.1, 0.15) is 0 Å². The highest BCUT2D eigenvalue weighted by Gasteiger charge is 2.00. The normalized spacial score (nSPS) is 11.3. The Labute approximate surface area is 223 Å². The highest BCUT2D eigenvalue weighted by Crippen LogP contribution is 1.94. The molecule has 0 rings (SSSR count). The molecule has 0 aliphatic rings. The van der Waals surface area contributed by atoms with Crippen LogP contribution in [0, 0.1) is 0 Å². The first-order chi connectivity index (χ1) is 18.3. The predicted molar refractivity (Wildman–Crippen MR) is 138 cm³/mol. The van der Waals surface area contributed by atoms with Crippen molar-refractivity contribution in [3.63, 3.8) is 0 Å². The average Bonchev–Trinajstić information content (AvgIpc) is 2.90. The summed E-state index contributed by atoms with van der Waals surface area (Å²) in [6.45, 7) is 13.9. The van der Waals surface area contributed by atoms with Gasteiger partial charge in [-0.05, 0) is 13.3 Å². The number of hydrogen-bond acceptors (Lipinski definition) is 11. The molecule has 0 saturated heterocycles. The van der Waals surface area contributed by atoms with Crippen LogP contribution < -0.4 is 0 Å². The van der Waals surface area contributed by atoms with Gasteiger partial charge in [-0.1, -0.05) is 19.8 Å². The number of rotatable bonds is 32. The van der Waals surface area contributed by atoms with Gasteiger partial charge < -0.3 is 47.4 Å². The minimum atomic E-state index is -0.246.